The van der Waals surface area contributed by atoms with Crippen molar-refractivity contribution in [2.24, 2.45) is 0 Å². The number of hydrogen-bond acceptors (Lipinski definition) is 3. The van der Waals surface area contributed by atoms with Crippen LogP contribution < -0.4 is 5.32 Å². The summed E-state index contributed by atoms with van der Waals surface area (Å²) < 4.78 is -0.00399. The summed E-state index contributed by atoms with van der Waals surface area (Å²) in [6.07, 6.45) is 2.01. The van der Waals surface area contributed by atoms with Gasteiger partial charge in [0.05, 0.1) is 5.56 Å². The summed E-state index contributed by atoms with van der Waals surface area (Å²) in [4.78, 5) is 11.9. The van der Waals surface area contributed by atoms with Gasteiger partial charge in [-0.1, -0.05) is 6.07 Å². The quantitative estimate of drug-likeness (QED) is 0.867. The van der Waals surface area contributed by atoms with E-state index in [-0.39, 0.29) is 16.4 Å². The van der Waals surface area contributed by atoms with Crippen LogP contribution in [0, 0.1) is 6.92 Å². The van der Waals surface area contributed by atoms with E-state index in [1.165, 1.54) is 0 Å². The fourth-order valence-corrected chi connectivity index (χ4v) is 1.51. The van der Waals surface area contributed by atoms with E-state index < -0.39 is 0 Å². The van der Waals surface area contributed by atoms with E-state index in [1.54, 1.807) is 23.9 Å². The molecule has 0 atom stereocenters. The molecule has 0 spiro atoms. The Morgan fingerprint density at radius 2 is 2.12 bits per heavy atom. The average Bonchev–Trinajstić information content (AvgIpc) is 2.26. The lowest BCUT2D eigenvalue weighted by atomic mass is 10.1. The Hall–Kier alpha value is -1.16. The van der Waals surface area contributed by atoms with Crippen LogP contribution in [-0.2, 0) is 0 Å². The number of rotatable bonds is 4. The number of benzene rings is 1. The van der Waals surface area contributed by atoms with Gasteiger partial charge in [-0.05, 0) is 44.7 Å². The fourth-order valence-electron chi connectivity index (χ4n) is 1.29. The van der Waals surface area contributed by atoms with E-state index in [0.717, 1.165) is 5.56 Å². The minimum Gasteiger partial charge on any atom is -0.507 e. The highest BCUT2D eigenvalue weighted by Crippen LogP contribution is 2.21. The van der Waals surface area contributed by atoms with Gasteiger partial charge in [0.25, 0.3) is 5.91 Å². The summed E-state index contributed by atoms with van der Waals surface area (Å²) in [5, 5.41) is 12.5. The first-order valence-corrected chi connectivity index (χ1v) is 6.71. The molecule has 1 amide bonds. The number of phenols is 1. The van der Waals surface area contributed by atoms with Gasteiger partial charge in [0.1, 0.15) is 5.75 Å². The van der Waals surface area contributed by atoms with Crippen LogP contribution in [0.15, 0.2) is 18.2 Å². The van der Waals surface area contributed by atoms with Crippen molar-refractivity contribution in [1.82, 2.24) is 5.32 Å². The Balaban J connectivity index is 2.71. The zero-order valence-corrected chi connectivity index (χ0v) is 11.5. The zero-order valence-electron chi connectivity index (χ0n) is 10.7. The van der Waals surface area contributed by atoms with E-state index in [9.17, 15) is 9.90 Å². The van der Waals surface area contributed by atoms with E-state index >= 15 is 0 Å². The summed E-state index contributed by atoms with van der Waals surface area (Å²) in [5.41, 5.74) is 1.26. The molecule has 0 aliphatic rings. The number of hydrogen-bond donors (Lipinski definition) is 2. The SMILES string of the molecule is CSC(C)(C)CNC(=O)c1ccc(C)cc1O. The van der Waals surface area contributed by atoms with Crippen LogP contribution in [0.3, 0.4) is 0 Å². The second-order valence-corrected chi connectivity index (χ2v) is 6.18. The van der Waals surface area contributed by atoms with Crippen molar-refractivity contribution in [3.05, 3.63) is 29.3 Å². The van der Waals surface area contributed by atoms with Crippen molar-refractivity contribution in [3.8, 4) is 5.75 Å². The highest BCUT2D eigenvalue weighted by atomic mass is 32.2. The van der Waals surface area contributed by atoms with Gasteiger partial charge in [0.15, 0.2) is 0 Å². The molecule has 0 radical (unpaired) electrons. The zero-order chi connectivity index (χ0) is 13.1. The monoisotopic (exact) mass is 253 g/mol. The predicted molar refractivity (Wildman–Crippen MR) is 72.8 cm³/mol. The highest BCUT2D eigenvalue weighted by Gasteiger charge is 2.18. The predicted octanol–water partition coefficient (Wildman–Crippen LogP) is 2.57. The number of carbonyl (C=O) groups excluding carboxylic acids is 1. The Morgan fingerprint density at radius 3 is 2.65 bits per heavy atom. The number of nitrogens with one attached hydrogen (secondary N) is 1. The van der Waals surface area contributed by atoms with Crippen LogP contribution in [-0.4, -0.2) is 28.6 Å². The molecule has 0 aliphatic heterocycles. The smallest absolute Gasteiger partial charge is 0.255 e. The molecule has 0 aliphatic carbocycles. The third kappa shape index (κ3) is 3.97. The van der Waals surface area contributed by atoms with Crippen molar-refractivity contribution in [1.29, 1.82) is 0 Å². The molecule has 1 rings (SSSR count). The largest absolute Gasteiger partial charge is 0.507 e. The van der Waals surface area contributed by atoms with Crippen molar-refractivity contribution in [2.45, 2.75) is 25.5 Å². The molecular weight excluding hydrogens is 234 g/mol. The van der Waals surface area contributed by atoms with Crippen LogP contribution in [0.25, 0.3) is 0 Å². The van der Waals surface area contributed by atoms with E-state index in [2.05, 4.69) is 19.2 Å². The lowest BCUT2D eigenvalue weighted by Crippen LogP contribution is -2.36. The third-order valence-electron chi connectivity index (χ3n) is 2.63. The van der Waals surface area contributed by atoms with Crippen molar-refractivity contribution in [2.75, 3.05) is 12.8 Å². The second kappa shape index (κ2) is 5.45. The molecule has 0 aromatic heterocycles. The van der Waals surface area contributed by atoms with Crippen LogP contribution in [0.1, 0.15) is 29.8 Å². The lowest BCUT2D eigenvalue weighted by Gasteiger charge is -2.22. The molecular formula is C13H19NO2S. The summed E-state index contributed by atoms with van der Waals surface area (Å²) in [6.45, 7) is 6.57. The molecule has 4 heteroatoms. The van der Waals surface area contributed by atoms with Crippen molar-refractivity contribution in [3.63, 3.8) is 0 Å². The number of thioether (sulfide) groups is 1. The van der Waals surface area contributed by atoms with Gasteiger partial charge in [-0.2, -0.15) is 11.8 Å². The Bertz CT molecular complexity index is 416. The number of amides is 1. The Kier molecular flexibility index (Phi) is 4.46. The van der Waals surface area contributed by atoms with Gasteiger partial charge in [-0.25, -0.2) is 0 Å². The van der Waals surface area contributed by atoms with E-state index in [0.29, 0.717) is 12.1 Å². The Labute approximate surface area is 107 Å². The molecule has 94 valence electrons. The molecule has 0 heterocycles. The average molecular weight is 253 g/mol. The normalized spacial score (nSPS) is 11.3. The summed E-state index contributed by atoms with van der Waals surface area (Å²) in [5.74, 6) is -0.200. The van der Waals surface area contributed by atoms with Gasteiger partial charge in [0, 0.05) is 11.3 Å². The van der Waals surface area contributed by atoms with Crippen LogP contribution in [0.5, 0.6) is 5.75 Å². The molecule has 17 heavy (non-hydrogen) atoms. The van der Waals surface area contributed by atoms with Gasteiger partial charge in [-0.3, -0.25) is 4.79 Å². The maximum Gasteiger partial charge on any atom is 0.255 e. The van der Waals surface area contributed by atoms with Crippen LogP contribution >= 0.6 is 11.8 Å². The summed E-state index contributed by atoms with van der Waals surface area (Å²) >= 11 is 1.69. The minimum atomic E-state index is -0.232. The molecule has 1 aromatic carbocycles. The molecule has 0 fully saturated rings. The lowest BCUT2D eigenvalue weighted by molar-refractivity contribution is 0.0948. The molecule has 0 bridgehead atoms. The third-order valence-corrected chi connectivity index (χ3v) is 3.87. The molecule has 3 nitrogen and oxygen atoms in total. The molecule has 0 saturated heterocycles. The van der Waals surface area contributed by atoms with Gasteiger partial charge in [0.2, 0.25) is 0 Å². The Morgan fingerprint density at radius 1 is 1.47 bits per heavy atom. The minimum absolute atomic E-state index is 0.00399. The van der Waals surface area contributed by atoms with Crippen molar-refractivity contribution >= 4 is 17.7 Å². The standard InChI is InChI=1S/C13H19NO2S/c1-9-5-6-10(11(15)7-9)12(16)14-8-13(2,3)17-4/h5-7,15H,8H2,1-4H3,(H,14,16). The van der Waals surface area contributed by atoms with Crippen LogP contribution in [0.2, 0.25) is 0 Å². The number of phenolic OH excluding ortho intramolecular Hbond substituents is 1. The van der Waals surface area contributed by atoms with Gasteiger partial charge >= 0.3 is 0 Å². The molecule has 1 aromatic rings. The highest BCUT2D eigenvalue weighted by molar-refractivity contribution is 7.99. The van der Waals surface area contributed by atoms with Gasteiger partial charge in [-0.15, -0.1) is 0 Å². The first kappa shape index (κ1) is 13.9. The summed E-state index contributed by atoms with van der Waals surface area (Å²) in [7, 11) is 0. The van der Waals surface area contributed by atoms with E-state index in [4.69, 9.17) is 0 Å². The van der Waals surface area contributed by atoms with E-state index in [1.807, 2.05) is 19.2 Å². The topological polar surface area (TPSA) is 49.3 Å². The summed E-state index contributed by atoms with van der Waals surface area (Å²) in [6, 6.07) is 5.05. The number of aryl methyl sites for hydroxylation is 1. The number of carbonyl (C=O) groups is 1. The second-order valence-electron chi connectivity index (χ2n) is 4.67. The fraction of sp³-hybridized carbons (Fsp3) is 0.462. The molecule has 2 N–H and O–H groups in total. The van der Waals surface area contributed by atoms with Gasteiger partial charge < -0.3 is 10.4 Å². The number of aromatic hydroxyl groups is 1. The molecule has 0 saturated carbocycles. The maximum atomic E-state index is 11.9. The first-order chi connectivity index (χ1) is 7.85. The maximum absolute atomic E-state index is 11.9. The molecule has 0 unspecified atom stereocenters. The van der Waals surface area contributed by atoms with Crippen molar-refractivity contribution < 1.29 is 9.90 Å². The first-order valence-electron chi connectivity index (χ1n) is 5.49. The van der Waals surface area contributed by atoms with Crippen LogP contribution in [0.4, 0.5) is 0 Å².